The number of rotatable bonds is 14. The molecule has 2 rings (SSSR count). The van der Waals surface area contributed by atoms with E-state index in [0.29, 0.717) is 29.1 Å². The molecule has 0 radical (unpaired) electrons. The first-order valence-electron chi connectivity index (χ1n) is 10.9. The van der Waals surface area contributed by atoms with Gasteiger partial charge in [0.1, 0.15) is 23.7 Å². The van der Waals surface area contributed by atoms with Gasteiger partial charge in [-0.05, 0) is 39.2 Å². The van der Waals surface area contributed by atoms with Crippen molar-refractivity contribution in [1.82, 2.24) is 0 Å². The summed E-state index contributed by atoms with van der Waals surface area (Å²) in [6, 6.07) is 0. The smallest absolute Gasteiger partial charge is 0.344 e. The molecule has 0 saturated carbocycles. The van der Waals surface area contributed by atoms with Gasteiger partial charge in [-0.15, -0.1) is 0 Å². The Morgan fingerprint density at radius 1 is 1.20 bits per heavy atom. The summed E-state index contributed by atoms with van der Waals surface area (Å²) in [5.41, 5.74) is 1.37. The number of carboxylic acid groups (broad SMARTS) is 1. The maximum atomic E-state index is 12.7. The first-order valence-corrected chi connectivity index (χ1v) is 12.5. The van der Waals surface area contributed by atoms with Crippen molar-refractivity contribution in [3.05, 3.63) is 33.9 Å². The molecule has 11 nitrogen and oxygen atoms in total. The van der Waals surface area contributed by atoms with Crippen molar-refractivity contribution < 1.29 is 52.0 Å². The van der Waals surface area contributed by atoms with Crippen molar-refractivity contribution in [2.24, 2.45) is 0 Å². The number of hydrogen-bond acceptors (Lipinski definition) is 10. The molecule has 196 valence electrons. The summed E-state index contributed by atoms with van der Waals surface area (Å²) in [4.78, 5) is 24.4. The topological polar surface area (TPSA) is 136 Å². The Morgan fingerprint density at radius 3 is 2.37 bits per heavy atom. The van der Waals surface area contributed by atoms with Gasteiger partial charge in [0.15, 0.2) is 5.66 Å². The van der Waals surface area contributed by atoms with E-state index in [1.54, 1.807) is 19.9 Å². The zero-order chi connectivity index (χ0) is 26.3. The standard InChI is InChI=1S/C23H33O11P/c1-8-32-23(29-5)34-20-15(19(28-4)14(3)16-12-33-22(26)18(16)20)10-9-13(2)11-17(21(24)25)35(27,30-6)31-7/h9,17,23H,8,10-12H2,1-7H3,(H,24,25). The Hall–Kier alpha value is -2.43. The molecule has 35 heavy (non-hydrogen) atoms. The molecule has 0 saturated heterocycles. The first-order chi connectivity index (χ1) is 16.6. The Labute approximate surface area is 204 Å². The van der Waals surface area contributed by atoms with E-state index in [4.69, 9.17) is 32.7 Å². The summed E-state index contributed by atoms with van der Waals surface area (Å²) in [7, 11) is 1.33. The predicted octanol–water partition coefficient (Wildman–Crippen LogP) is 3.84. The molecular formula is C23H33O11P. The van der Waals surface area contributed by atoms with Gasteiger partial charge in [0.25, 0.3) is 0 Å². The van der Waals surface area contributed by atoms with Crippen molar-refractivity contribution >= 4 is 19.5 Å². The number of esters is 1. The Balaban J connectivity index is 2.54. The minimum atomic E-state index is -3.86. The van der Waals surface area contributed by atoms with E-state index < -0.39 is 31.7 Å². The van der Waals surface area contributed by atoms with Crippen LogP contribution in [0.4, 0.5) is 0 Å². The van der Waals surface area contributed by atoms with Crippen molar-refractivity contribution in [2.75, 3.05) is 35.0 Å². The van der Waals surface area contributed by atoms with Crippen molar-refractivity contribution in [3.8, 4) is 11.5 Å². The number of fused-ring (bicyclic) bond motifs is 1. The average Bonchev–Trinajstić information content (AvgIpc) is 3.23. The lowest BCUT2D eigenvalue weighted by Gasteiger charge is -2.23. The number of ether oxygens (including phenoxy) is 5. The third kappa shape index (κ3) is 6.23. The van der Waals surface area contributed by atoms with Gasteiger partial charge in [-0.1, -0.05) is 11.6 Å². The normalized spacial score (nSPS) is 15.4. The zero-order valence-corrected chi connectivity index (χ0v) is 21.9. The van der Waals surface area contributed by atoms with Crippen molar-refractivity contribution in [1.29, 1.82) is 0 Å². The molecule has 0 aliphatic carbocycles. The quantitative estimate of drug-likeness (QED) is 0.167. The van der Waals surface area contributed by atoms with Crippen LogP contribution in [-0.4, -0.2) is 64.2 Å². The second-order valence-electron chi connectivity index (χ2n) is 7.71. The number of hydrogen-bond donors (Lipinski definition) is 1. The maximum Gasteiger partial charge on any atom is 0.344 e. The molecule has 1 aromatic carbocycles. The van der Waals surface area contributed by atoms with Gasteiger partial charge in [0.2, 0.25) is 0 Å². The molecule has 0 aromatic heterocycles. The maximum absolute atomic E-state index is 12.7. The first kappa shape index (κ1) is 28.8. The highest BCUT2D eigenvalue weighted by Gasteiger charge is 2.40. The second kappa shape index (κ2) is 12.5. The molecule has 0 fully saturated rings. The summed E-state index contributed by atoms with van der Waals surface area (Å²) in [5.74, 6) is -1.16. The lowest BCUT2D eigenvalue weighted by atomic mass is 9.94. The molecule has 1 N–H and O–H groups in total. The second-order valence-corrected chi connectivity index (χ2v) is 10.1. The average molecular weight is 516 g/mol. The summed E-state index contributed by atoms with van der Waals surface area (Å²) in [6.45, 7) is 4.59. The molecule has 1 heterocycles. The lowest BCUT2D eigenvalue weighted by molar-refractivity contribution is -0.231. The van der Waals surface area contributed by atoms with Gasteiger partial charge in [0, 0.05) is 32.5 Å². The van der Waals surface area contributed by atoms with Crippen LogP contribution in [0.15, 0.2) is 11.6 Å². The number of carbonyl (C=O) groups is 2. The van der Waals surface area contributed by atoms with Crippen LogP contribution in [0.1, 0.15) is 47.3 Å². The molecule has 12 heteroatoms. The van der Waals surface area contributed by atoms with Crippen LogP contribution in [0.3, 0.4) is 0 Å². The fourth-order valence-electron chi connectivity index (χ4n) is 3.85. The van der Waals surface area contributed by atoms with Crippen LogP contribution in [0, 0.1) is 6.92 Å². The summed E-state index contributed by atoms with van der Waals surface area (Å²) in [5, 5.41) is 9.60. The van der Waals surface area contributed by atoms with Gasteiger partial charge in [-0.25, -0.2) is 4.79 Å². The van der Waals surface area contributed by atoms with E-state index in [0.717, 1.165) is 19.8 Å². The van der Waals surface area contributed by atoms with Crippen LogP contribution < -0.4 is 9.47 Å². The third-order valence-electron chi connectivity index (χ3n) is 5.68. The highest BCUT2D eigenvalue weighted by atomic mass is 31.2. The SMILES string of the molecule is CCOC(OC)Oc1c(CC=C(C)CC(C(=O)O)P(=O)(OC)OC)c(OC)c(C)c2c1C(=O)OC2. The molecular weight excluding hydrogens is 483 g/mol. The van der Waals surface area contributed by atoms with Gasteiger partial charge < -0.3 is 37.8 Å². The minimum Gasteiger partial charge on any atom is -0.496 e. The zero-order valence-electron chi connectivity index (χ0n) is 21.0. The molecule has 0 amide bonds. The van der Waals surface area contributed by atoms with Gasteiger partial charge in [0.05, 0.1) is 13.7 Å². The molecule has 0 spiro atoms. The highest BCUT2D eigenvalue weighted by Crippen LogP contribution is 2.53. The van der Waals surface area contributed by atoms with Gasteiger partial charge in [-0.3, -0.25) is 9.36 Å². The molecule has 1 aromatic rings. The van der Waals surface area contributed by atoms with E-state index in [1.165, 1.54) is 14.2 Å². The molecule has 2 atom stereocenters. The van der Waals surface area contributed by atoms with E-state index in [1.807, 2.05) is 6.92 Å². The Kier molecular flexibility index (Phi) is 10.3. The Morgan fingerprint density at radius 2 is 1.86 bits per heavy atom. The van der Waals surface area contributed by atoms with E-state index >= 15 is 0 Å². The van der Waals surface area contributed by atoms with Crippen LogP contribution >= 0.6 is 7.60 Å². The summed E-state index contributed by atoms with van der Waals surface area (Å²) >= 11 is 0. The predicted molar refractivity (Wildman–Crippen MR) is 125 cm³/mol. The lowest BCUT2D eigenvalue weighted by Crippen LogP contribution is -2.24. The number of aliphatic carboxylic acids is 1. The van der Waals surface area contributed by atoms with E-state index in [9.17, 15) is 19.3 Å². The number of allylic oxidation sites excluding steroid dienone is 2. The van der Waals surface area contributed by atoms with Crippen LogP contribution in [0.2, 0.25) is 0 Å². The minimum absolute atomic E-state index is 0.0811. The van der Waals surface area contributed by atoms with Gasteiger partial charge >= 0.3 is 26.0 Å². The van der Waals surface area contributed by atoms with Crippen molar-refractivity contribution in [2.45, 2.75) is 52.4 Å². The summed E-state index contributed by atoms with van der Waals surface area (Å²) in [6.07, 6.45) is 1.86. The van der Waals surface area contributed by atoms with Crippen LogP contribution in [-0.2, 0) is 45.6 Å². The molecule has 1 aliphatic rings. The highest BCUT2D eigenvalue weighted by molar-refractivity contribution is 7.55. The largest absolute Gasteiger partial charge is 0.496 e. The molecule has 2 unspecified atom stereocenters. The fraction of sp³-hybridized carbons (Fsp3) is 0.565. The van der Waals surface area contributed by atoms with Gasteiger partial charge in [-0.2, -0.15) is 0 Å². The number of carbonyl (C=O) groups excluding carboxylic acids is 1. The fourth-order valence-corrected chi connectivity index (χ4v) is 5.29. The molecule has 1 aliphatic heterocycles. The monoisotopic (exact) mass is 516 g/mol. The Bertz CT molecular complexity index is 1010. The molecule has 0 bridgehead atoms. The number of benzene rings is 1. The third-order valence-corrected chi connectivity index (χ3v) is 7.87. The number of methoxy groups -OCH3 is 2. The van der Waals surface area contributed by atoms with Crippen LogP contribution in [0.25, 0.3) is 0 Å². The van der Waals surface area contributed by atoms with Crippen molar-refractivity contribution in [3.63, 3.8) is 0 Å². The number of cyclic esters (lactones) is 1. The number of carboxylic acids is 1. The van der Waals surface area contributed by atoms with E-state index in [-0.39, 0.29) is 30.8 Å². The van der Waals surface area contributed by atoms with E-state index in [2.05, 4.69) is 0 Å². The van der Waals surface area contributed by atoms with Crippen LogP contribution in [0.5, 0.6) is 11.5 Å². The summed E-state index contributed by atoms with van der Waals surface area (Å²) < 4.78 is 50.0.